The zero-order valence-electron chi connectivity index (χ0n) is 21.4. The highest BCUT2D eigenvalue weighted by Crippen LogP contribution is 2.34. The van der Waals surface area contributed by atoms with Crippen LogP contribution in [0.15, 0.2) is 22.6 Å². The number of aryl methyl sites for hydroxylation is 2. The predicted octanol–water partition coefficient (Wildman–Crippen LogP) is 5.67. The number of carboxylic acid groups (broad SMARTS) is 1. The smallest absolute Gasteiger partial charge is 0.329 e. The van der Waals surface area contributed by atoms with Crippen molar-refractivity contribution in [2.24, 2.45) is 5.92 Å². The molecule has 0 spiro atoms. The predicted molar refractivity (Wildman–Crippen MR) is 133 cm³/mol. The molecule has 4 rings (SSSR count). The van der Waals surface area contributed by atoms with E-state index in [0.29, 0.717) is 31.8 Å². The Balaban J connectivity index is 1.41. The Labute approximate surface area is 207 Å². The summed E-state index contributed by atoms with van der Waals surface area (Å²) in [5.74, 6) is 0.311. The summed E-state index contributed by atoms with van der Waals surface area (Å²) in [5, 5.41) is 12.6. The lowest BCUT2D eigenvalue weighted by atomic mass is 9.85. The molecule has 35 heavy (non-hydrogen) atoms. The number of hydrogen-bond donors (Lipinski definition) is 2. The van der Waals surface area contributed by atoms with E-state index in [1.807, 2.05) is 6.07 Å². The van der Waals surface area contributed by atoms with Gasteiger partial charge in [-0.1, -0.05) is 39.2 Å². The van der Waals surface area contributed by atoms with Crippen LogP contribution in [0, 0.1) is 19.8 Å². The number of nitrogens with one attached hydrogen (secondary N) is 1. The van der Waals surface area contributed by atoms with Gasteiger partial charge in [0.05, 0.1) is 12.7 Å². The van der Waals surface area contributed by atoms with Gasteiger partial charge in [-0.25, -0.2) is 9.78 Å². The molecule has 2 aromatic rings. The minimum absolute atomic E-state index is 0.0642. The lowest BCUT2D eigenvalue weighted by Crippen LogP contribution is -2.54. The van der Waals surface area contributed by atoms with Gasteiger partial charge in [0.25, 0.3) is 0 Å². The van der Waals surface area contributed by atoms with E-state index in [0.717, 1.165) is 49.1 Å². The molecule has 2 N–H and O–H groups in total. The zero-order valence-corrected chi connectivity index (χ0v) is 21.4. The first kappa shape index (κ1) is 25.4. The molecule has 7 heteroatoms. The van der Waals surface area contributed by atoms with Gasteiger partial charge < -0.3 is 19.6 Å². The van der Waals surface area contributed by atoms with Crippen LogP contribution >= 0.6 is 0 Å². The van der Waals surface area contributed by atoms with E-state index in [1.54, 1.807) is 0 Å². The fraction of sp³-hybridized carbons (Fsp3) is 0.607. The molecule has 0 radical (unpaired) electrons. The number of aromatic nitrogens is 1. The van der Waals surface area contributed by atoms with E-state index in [-0.39, 0.29) is 23.8 Å². The van der Waals surface area contributed by atoms with Gasteiger partial charge >= 0.3 is 5.97 Å². The lowest BCUT2D eigenvalue weighted by Gasteiger charge is -2.32. The number of nitrogens with zero attached hydrogens (tertiary/aromatic N) is 1. The highest BCUT2D eigenvalue weighted by molar-refractivity contribution is 5.88. The summed E-state index contributed by atoms with van der Waals surface area (Å²) in [6, 6.07) is 6.20. The molecule has 0 aliphatic heterocycles. The van der Waals surface area contributed by atoms with Crippen LogP contribution in [0.2, 0.25) is 0 Å². The van der Waals surface area contributed by atoms with Gasteiger partial charge in [0.2, 0.25) is 11.8 Å². The Kier molecular flexibility index (Phi) is 7.64. The molecule has 2 fully saturated rings. The Hall–Kier alpha value is -2.67. The maximum Gasteiger partial charge on any atom is 0.329 e. The highest BCUT2D eigenvalue weighted by atomic mass is 16.5. The van der Waals surface area contributed by atoms with Crippen molar-refractivity contribution in [1.82, 2.24) is 10.3 Å². The molecule has 1 aromatic carbocycles. The second-order valence-electron chi connectivity index (χ2n) is 10.7. The third kappa shape index (κ3) is 5.61. The fourth-order valence-electron chi connectivity index (χ4n) is 5.36. The summed E-state index contributed by atoms with van der Waals surface area (Å²) in [6.45, 7) is 8.66. The number of carbonyl (C=O) groups is 2. The molecular formula is C28H38N2O5. The Bertz CT molecular complexity index is 1070. The van der Waals surface area contributed by atoms with Gasteiger partial charge in [-0.15, -0.1) is 0 Å². The van der Waals surface area contributed by atoms with Crippen LogP contribution in [0.4, 0.5) is 0 Å². The third-order valence-corrected chi connectivity index (χ3v) is 7.69. The molecule has 0 bridgehead atoms. The number of amides is 1. The summed E-state index contributed by atoms with van der Waals surface area (Å²) in [5.41, 5.74) is 3.08. The first-order valence-corrected chi connectivity index (χ1v) is 12.9. The maximum absolute atomic E-state index is 13.0. The van der Waals surface area contributed by atoms with Crippen molar-refractivity contribution in [3.05, 3.63) is 40.8 Å². The zero-order chi connectivity index (χ0) is 25.2. The normalized spacial score (nSPS) is 21.9. The van der Waals surface area contributed by atoms with Gasteiger partial charge in [0.1, 0.15) is 17.0 Å². The quantitative estimate of drug-likeness (QED) is 0.503. The van der Waals surface area contributed by atoms with Gasteiger partial charge in [-0.2, -0.15) is 0 Å². The molecule has 0 saturated heterocycles. The SMILES string of the molecule is Cc1ccc(-c2nc(CO[C@@H]3CCC[C@H](C(=O)NC4(C(=O)O)CCCC4)C3)c(C(C)C)o2)cc1C. The van der Waals surface area contributed by atoms with Crippen LogP contribution in [0.3, 0.4) is 0 Å². The van der Waals surface area contributed by atoms with Crippen molar-refractivity contribution in [1.29, 1.82) is 0 Å². The van der Waals surface area contributed by atoms with Crippen molar-refractivity contribution in [2.75, 3.05) is 0 Å². The molecule has 0 unspecified atom stereocenters. The number of rotatable bonds is 8. The van der Waals surface area contributed by atoms with Gasteiger partial charge in [0, 0.05) is 17.4 Å². The summed E-state index contributed by atoms with van der Waals surface area (Å²) in [7, 11) is 0. The van der Waals surface area contributed by atoms with Crippen molar-refractivity contribution < 1.29 is 23.8 Å². The van der Waals surface area contributed by atoms with Crippen LogP contribution in [-0.4, -0.2) is 33.6 Å². The first-order chi connectivity index (χ1) is 16.7. The van der Waals surface area contributed by atoms with Crippen LogP contribution in [0.5, 0.6) is 0 Å². The van der Waals surface area contributed by atoms with Crippen LogP contribution in [0.25, 0.3) is 11.5 Å². The molecule has 2 aliphatic carbocycles. The number of aliphatic carboxylic acids is 1. The van der Waals surface area contributed by atoms with Crippen LogP contribution in [-0.2, 0) is 20.9 Å². The number of carbonyl (C=O) groups excluding carboxylic acids is 1. The summed E-state index contributed by atoms with van der Waals surface area (Å²) in [6.07, 6.45) is 5.75. The monoisotopic (exact) mass is 482 g/mol. The number of ether oxygens (including phenoxy) is 1. The summed E-state index contributed by atoms with van der Waals surface area (Å²) >= 11 is 0. The molecule has 2 atom stereocenters. The Morgan fingerprint density at radius 1 is 1.17 bits per heavy atom. The summed E-state index contributed by atoms with van der Waals surface area (Å²) in [4.78, 5) is 29.6. The highest BCUT2D eigenvalue weighted by Gasteiger charge is 2.44. The minimum Gasteiger partial charge on any atom is -0.480 e. The molecular weight excluding hydrogens is 444 g/mol. The molecule has 7 nitrogen and oxygen atoms in total. The molecule has 2 aliphatic rings. The number of oxazole rings is 1. The average molecular weight is 483 g/mol. The van der Waals surface area contributed by atoms with E-state index < -0.39 is 11.5 Å². The third-order valence-electron chi connectivity index (χ3n) is 7.69. The van der Waals surface area contributed by atoms with E-state index in [2.05, 4.69) is 45.1 Å². The lowest BCUT2D eigenvalue weighted by molar-refractivity contribution is -0.148. The second kappa shape index (κ2) is 10.5. The molecule has 1 amide bonds. The molecule has 2 saturated carbocycles. The molecule has 1 heterocycles. The molecule has 190 valence electrons. The number of carboxylic acids is 1. The summed E-state index contributed by atoms with van der Waals surface area (Å²) < 4.78 is 12.4. The first-order valence-electron chi connectivity index (χ1n) is 12.9. The van der Waals surface area contributed by atoms with Crippen LogP contribution in [0.1, 0.15) is 93.7 Å². The number of benzene rings is 1. The maximum atomic E-state index is 13.0. The molecule has 1 aromatic heterocycles. The van der Waals surface area contributed by atoms with Crippen molar-refractivity contribution >= 4 is 11.9 Å². The average Bonchev–Trinajstić information content (AvgIpc) is 3.48. The van der Waals surface area contributed by atoms with Crippen molar-refractivity contribution in [2.45, 2.75) is 103 Å². The van der Waals surface area contributed by atoms with Gasteiger partial charge in [0.15, 0.2) is 0 Å². The topological polar surface area (TPSA) is 102 Å². The second-order valence-corrected chi connectivity index (χ2v) is 10.7. The van der Waals surface area contributed by atoms with Crippen molar-refractivity contribution in [3.8, 4) is 11.5 Å². The van der Waals surface area contributed by atoms with E-state index in [4.69, 9.17) is 14.1 Å². The largest absolute Gasteiger partial charge is 0.480 e. The Morgan fingerprint density at radius 2 is 1.91 bits per heavy atom. The van der Waals surface area contributed by atoms with Gasteiger partial charge in [-0.05, 0) is 69.2 Å². The number of hydrogen-bond acceptors (Lipinski definition) is 5. The van der Waals surface area contributed by atoms with E-state index in [9.17, 15) is 14.7 Å². The fourth-order valence-corrected chi connectivity index (χ4v) is 5.36. The van der Waals surface area contributed by atoms with Gasteiger partial charge in [-0.3, -0.25) is 4.79 Å². The minimum atomic E-state index is -1.09. The van der Waals surface area contributed by atoms with Crippen molar-refractivity contribution in [3.63, 3.8) is 0 Å². The van der Waals surface area contributed by atoms with E-state index in [1.165, 1.54) is 11.1 Å². The van der Waals surface area contributed by atoms with E-state index >= 15 is 0 Å². The standard InChI is InChI=1S/C28H38N2O5/c1-17(2)24-23(29-26(35-24)21-11-10-18(3)19(4)14-21)16-34-22-9-7-8-20(15-22)25(31)30-28(27(32)33)12-5-6-13-28/h10-11,14,17,20,22H,5-9,12-13,15-16H2,1-4H3,(H,30,31)(H,32,33)/t20-,22+/m0/s1. The van der Waals surface area contributed by atoms with Crippen LogP contribution < -0.4 is 5.32 Å². The Morgan fingerprint density at radius 3 is 2.57 bits per heavy atom.